The van der Waals surface area contributed by atoms with Crippen LogP contribution in [0, 0.1) is 13.8 Å². The van der Waals surface area contributed by atoms with Crippen molar-refractivity contribution in [3.63, 3.8) is 0 Å². The van der Waals surface area contributed by atoms with E-state index in [1.807, 2.05) is 49.7 Å². The van der Waals surface area contributed by atoms with Crippen molar-refractivity contribution in [3.8, 4) is 0 Å². The fourth-order valence-corrected chi connectivity index (χ4v) is 2.79. The lowest BCUT2D eigenvalue weighted by Gasteiger charge is -2.14. The number of halogens is 1. The van der Waals surface area contributed by atoms with Crippen LogP contribution in [0.4, 0.5) is 0 Å². The van der Waals surface area contributed by atoms with Gasteiger partial charge in [-0.15, -0.1) is 0 Å². The lowest BCUT2D eigenvalue weighted by atomic mass is 10.2. The molecular formula is C16H17ClN4O. The molecule has 0 saturated carbocycles. The quantitative estimate of drug-likeness (QED) is 0.738. The number of aryl methyl sites for hydroxylation is 1. The first-order chi connectivity index (χ1) is 10.5. The molecule has 0 radical (unpaired) electrons. The first-order valence-electron chi connectivity index (χ1n) is 7.15. The number of hydrogen-bond donors (Lipinski definition) is 0. The molecular weight excluding hydrogens is 300 g/mol. The van der Waals surface area contributed by atoms with Crippen molar-refractivity contribution >= 4 is 28.5 Å². The zero-order chi connectivity index (χ0) is 15.9. The Morgan fingerprint density at radius 1 is 1.32 bits per heavy atom. The van der Waals surface area contributed by atoms with E-state index in [0.717, 1.165) is 22.4 Å². The maximum Gasteiger partial charge on any atom is 0.234 e. The van der Waals surface area contributed by atoms with Gasteiger partial charge in [-0.05, 0) is 32.9 Å². The van der Waals surface area contributed by atoms with Gasteiger partial charge in [-0.3, -0.25) is 14.0 Å². The highest BCUT2D eigenvalue weighted by Crippen LogP contribution is 2.24. The van der Waals surface area contributed by atoms with Gasteiger partial charge in [0.2, 0.25) is 5.91 Å². The molecule has 1 unspecified atom stereocenters. The van der Waals surface area contributed by atoms with Crippen molar-refractivity contribution in [3.05, 3.63) is 47.0 Å². The zero-order valence-corrected chi connectivity index (χ0v) is 13.5. The van der Waals surface area contributed by atoms with E-state index < -0.39 is 0 Å². The maximum atomic E-state index is 12.6. The van der Waals surface area contributed by atoms with E-state index in [1.165, 1.54) is 0 Å². The monoisotopic (exact) mass is 316 g/mol. The minimum atomic E-state index is -0.0696. The summed E-state index contributed by atoms with van der Waals surface area (Å²) in [5.74, 6) is -0.00937. The number of hydrogen-bond acceptors (Lipinski definition) is 3. The van der Waals surface area contributed by atoms with Gasteiger partial charge >= 0.3 is 0 Å². The van der Waals surface area contributed by atoms with Crippen LogP contribution >= 0.6 is 11.6 Å². The van der Waals surface area contributed by atoms with Gasteiger partial charge in [-0.2, -0.15) is 5.10 Å². The van der Waals surface area contributed by atoms with E-state index in [-0.39, 0.29) is 11.9 Å². The van der Waals surface area contributed by atoms with Crippen LogP contribution in [-0.4, -0.2) is 25.2 Å². The molecule has 0 bridgehead atoms. The summed E-state index contributed by atoms with van der Waals surface area (Å²) in [5.41, 5.74) is 3.31. The van der Waals surface area contributed by atoms with Gasteiger partial charge in [0.1, 0.15) is 6.33 Å². The standard InChI is InChI=1S/C16H17ClN4O/c1-10(21-12(3)16(17)11(2)19-21)8-15(22)20-9-18-13-6-4-5-7-14(13)20/h4-7,9-10H,8H2,1-3H3. The first-order valence-corrected chi connectivity index (χ1v) is 7.53. The Hall–Kier alpha value is -2.14. The molecule has 3 aromatic rings. The molecule has 3 rings (SSSR count). The van der Waals surface area contributed by atoms with Crippen molar-refractivity contribution in [1.82, 2.24) is 19.3 Å². The van der Waals surface area contributed by atoms with Crippen LogP contribution in [0.5, 0.6) is 0 Å². The fraction of sp³-hybridized carbons (Fsp3) is 0.312. The molecule has 22 heavy (non-hydrogen) atoms. The van der Waals surface area contributed by atoms with Gasteiger partial charge < -0.3 is 0 Å². The Morgan fingerprint density at radius 2 is 2.05 bits per heavy atom. The Balaban J connectivity index is 1.86. The van der Waals surface area contributed by atoms with Crippen molar-refractivity contribution in [2.45, 2.75) is 33.2 Å². The third kappa shape index (κ3) is 2.41. The van der Waals surface area contributed by atoms with Gasteiger partial charge in [-0.1, -0.05) is 23.7 Å². The summed E-state index contributed by atoms with van der Waals surface area (Å²) in [6, 6.07) is 7.52. The average Bonchev–Trinajstić information content (AvgIpc) is 3.04. The number of carbonyl (C=O) groups excluding carboxylic acids is 1. The molecule has 2 aromatic heterocycles. The number of rotatable bonds is 3. The number of para-hydroxylation sites is 2. The normalized spacial score (nSPS) is 12.7. The molecule has 0 aliphatic rings. The Morgan fingerprint density at radius 3 is 2.73 bits per heavy atom. The number of imidazole rings is 1. The maximum absolute atomic E-state index is 12.6. The third-order valence-electron chi connectivity index (χ3n) is 3.85. The van der Waals surface area contributed by atoms with Gasteiger partial charge in [0.15, 0.2) is 0 Å². The molecule has 0 spiro atoms. The van der Waals surface area contributed by atoms with Crippen LogP contribution in [0.15, 0.2) is 30.6 Å². The summed E-state index contributed by atoms with van der Waals surface area (Å²) < 4.78 is 3.41. The number of fused-ring (bicyclic) bond motifs is 1. The molecule has 2 heterocycles. The molecule has 5 nitrogen and oxygen atoms in total. The molecule has 0 N–H and O–H groups in total. The number of nitrogens with zero attached hydrogens (tertiary/aromatic N) is 4. The van der Waals surface area contributed by atoms with Crippen LogP contribution in [0.2, 0.25) is 5.02 Å². The van der Waals surface area contributed by atoms with Crippen LogP contribution < -0.4 is 0 Å². The Kier molecular flexibility index (Phi) is 3.74. The minimum absolute atomic E-state index is 0.00937. The number of carbonyl (C=O) groups is 1. The second-order valence-corrected chi connectivity index (χ2v) is 5.86. The highest BCUT2D eigenvalue weighted by Gasteiger charge is 2.19. The van der Waals surface area contributed by atoms with E-state index in [1.54, 1.807) is 10.9 Å². The molecule has 0 amide bonds. The predicted octanol–water partition coefficient (Wildman–Crippen LogP) is 3.79. The second-order valence-electron chi connectivity index (χ2n) is 5.48. The molecule has 0 fully saturated rings. The zero-order valence-electron chi connectivity index (χ0n) is 12.7. The fourth-order valence-electron chi connectivity index (χ4n) is 2.67. The second kappa shape index (κ2) is 5.57. The van der Waals surface area contributed by atoms with Crippen LogP contribution in [0.3, 0.4) is 0 Å². The van der Waals surface area contributed by atoms with Gasteiger partial charge in [0, 0.05) is 6.42 Å². The molecule has 0 aliphatic carbocycles. The van der Waals surface area contributed by atoms with E-state index in [9.17, 15) is 4.79 Å². The van der Waals surface area contributed by atoms with Crippen molar-refractivity contribution in [2.75, 3.05) is 0 Å². The third-order valence-corrected chi connectivity index (χ3v) is 4.39. The van der Waals surface area contributed by atoms with E-state index in [2.05, 4.69) is 10.1 Å². The molecule has 6 heteroatoms. The molecule has 0 aliphatic heterocycles. The van der Waals surface area contributed by atoms with E-state index >= 15 is 0 Å². The van der Waals surface area contributed by atoms with Crippen molar-refractivity contribution < 1.29 is 4.79 Å². The molecule has 0 saturated heterocycles. The Labute approximate surface area is 133 Å². The summed E-state index contributed by atoms with van der Waals surface area (Å²) >= 11 is 6.17. The lowest BCUT2D eigenvalue weighted by Crippen LogP contribution is -2.17. The highest BCUT2D eigenvalue weighted by molar-refractivity contribution is 6.31. The molecule has 1 atom stereocenters. The SMILES string of the molecule is Cc1nn(C(C)CC(=O)n2cnc3ccccc32)c(C)c1Cl. The van der Waals surface area contributed by atoms with Crippen molar-refractivity contribution in [1.29, 1.82) is 0 Å². The first kappa shape index (κ1) is 14.8. The average molecular weight is 317 g/mol. The predicted molar refractivity (Wildman–Crippen MR) is 86.4 cm³/mol. The summed E-state index contributed by atoms with van der Waals surface area (Å²) in [5, 5.41) is 5.07. The Bertz CT molecular complexity index is 849. The smallest absolute Gasteiger partial charge is 0.234 e. The largest absolute Gasteiger partial charge is 0.274 e. The summed E-state index contributed by atoms with van der Waals surface area (Å²) in [4.78, 5) is 16.8. The topological polar surface area (TPSA) is 52.7 Å². The van der Waals surface area contributed by atoms with Crippen molar-refractivity contribution in [2.24, 2.45) is 0 Å². The van der Waals surface area contributed by atoms with Crippen LogP contribution in [-0.2, 0) is 0 Å². The summed E-state index contributed by atoms with van der Waals surface area (Å²) in [6.07, 6.45) is 1.91. The molecule has 114 valence electrons. The number of aromatic nitrogens is 4. The number of benzene rings is 1. The lowest BCUT2D eigenvalue weighted by molar-refractivity contribution is 0.0887. The van der Waals surface area contributed by atoms with E-state index in [4.69, 9.17) is 11.6 Å². The van der Waals surface area contributed by atoms with Crippen LogP contribution in [0.1, 0.15) is 35.6 Å². The van der Waals surface area contributed by atoms with Crippen LogP contribution in [0.25, 0.3) is 11.0 Å². The van der Waals surface area contributed by atoms with Gasteiger partial charge in [-0.25, -0.2) is 4.98 Å². The minimum Gasteiger partial charge on any atom is -0.274 e. The van der Waals surface area contributed by atoms with Gasteiger partial charge in [0.25, 0.3) is 0 Å². The highest BCUT2D eigenvalue weighted by atomic mass is 35.5. The van der Waals surface area contributed by atoms with E-state index in [0.29, 0.717) is 11.4 Å². The molecule has 1 aromatic carbocycles. The van der Waals surface area contributed by atoms with Gasteiger partial charge in [0.05, 0.1) is 33.5 Å². The summed E-state index contributed by atoms with van der Waals surface area (Å²) in [6.45, 7) is 5.74. The summed E-state index contributed by atoms with van der Waals surface area (Å²) in [7, 11) is 0.